The molecule has 4 nitrogen and oxygen atoms in total. The topological polar surface area (TPSA) is 47.8 Å². The number of aldehydes is 1. The third-order valence-electron chi connectivity index (χ3n) is 3.67. The quantitative estimate of drug-likeness (QED) is 0.490. The Morgan fingerprint density at radius 2 is 2.04 bits per heavy atom. The maximum absolute atomic E-state index is 12.6. The van der Waals surface area contributed by atoms with E-state index >= 15 is 0 Å². The van der Waals surface area contributed by atoms with Crippen LogP contribution in [-0.2, 0) is 4.74 Å². The third kappa shape index (κ3) is 2.68. The first kappa shape index (κ1) is 16.6. The van der Waals surface area contributed by atoms with Gasteiger partial charge in [-0.3, -0.25) is 4.79 Å². The molecule has 3 rings (SSSR count). The summed E-state index contributed by atoms with van der Waals surface area (Å²) in [6.45, 7) is 1.95. The number of hydrogen-bond acceptors (Lipinski definition) is 3. The zero-order valence-electron chi connectivity index (χ0n) is 12.8. The number of ether oxygens (including phenoxy) is 1. The summed E-state index contributed by atoms with van der Waals surface area (Å²) in [5.41, 5.74) is 2.12. The molecule has 0 amide bonds. The van der Waals surface area contributed by atoms with Gasteiger partial charge < -0.3 is 9.14 Å². The molecule has 0 aliphatic rings. The molecule has 6 heteroatoms. The molecule has 2 heterocycles. The van der Waals surface area contributed by atoms with Gasteiger partial charge in [0.2, 0.25) is 0 Å². The van der Waals surface area contributed by atoms with Gasteiger partial charge in [0.05, 0.1) is 23.4 Å². The van der Waals surface area contributed by atoms with Crippen LogP contribution in [0.25, 0.3) is 16.6 Å². The molecule has 3 aromatic rings. The molecular formula is C18H13Cl2NO3. The van der Waals surface area contributed by atoms with Crippen LogP contribution in [-0.4, -0.2) is 23.3 Å². The summed E-state index contributed by atoms with van der Waals surface area (Å²) in [6, 6.07) is 10.2. The van der Waals surface area contributed by atoms with Gasteiger partial charge in [0.25, 0.3) is 0 Å². The monoisotopic (exact) mass is 361 g/mol. The second kappa shape index (κ2) is 6.67. The van der Waals surface area contributed by atoms with Crippen LogP contribution in [0.15, 0.2) is 42.6 Å². The maximum atomic E-state index is 12.6. The number of fused-ring (bicyclic) bond motifs is 1. The van der Waals surface area contributed by atoms with Crippen LogP contribution in [0, 0.1) is 0 Å². The molecule has 122 valence electrons. The van der Waals surface area contributed by atoms with Crippen LogP contribution in [0.3, 0.4) is 0 Å². The molecule has 0 bridgehead atoms. The predicted molar refractivity (Wildman–Crippen MR) is 94.2 cm³/mol. The van der Waals surface area contributed by atoms with Crippen molar-refractivity contribution < 1.29 is 14.3 Å². The van der Waals surface area contributed by atoms with E-state index in [1.807, 2.05) is 0 Å². The van der Waals surface area contributed by atoms with Crippen LogP contribution in [0.1, 0.15) is 27.8 Å². The average molecular weight is 362 g/mol. The maximum Gasteiger partial charge on any atom is 0.340 e. The minimum atomic E-state index is -0.514. The third-order valence-corrected chi connectivity index (χ3v) is 4.24. The number of carbonyl (C=O) groups is 2. The molecule has 0 fully saturated rings. The average Bonchev–Trinajstić information content (AvgIpc) is 2.91. The highest BCUT2D eigenvalue weighted by Gasteiger charge is 2.26. The second-order valence-electron chi connectivity index (χ2n) is 5.05. The molecular weight excluding hydrogens is 349 g/mol. The molecule has 0 N–H and O–H groups in total. The Morgan fingerprint density at radius 1 is 1.25 bits per heavy atom. The number of benzene rings is 1. The first-order valence-electron chi connectivity index (χ1n) is 7.29. The summed E-state index contributed by atoms with van der Waals surface area (Å²) >= 11 is 12.4. The number of aromatic nitrogens is 1. The van der Waals surface area contributed by atoms with Crippen LogP contribution in [0.5, 0.6) is 0 Å². The van der Waals surface area contributed by atoms with Crippen LogP contribution in [0.2, 0.25) is 10.0 Å². The molecule has 0 spiro atoms. The van der Waals surface area contributed by atoms with Crippen molar-refractivity contribution in [3.8, 4) is 11.1 Å². The number of pyridine rings is 1. The Labute approximate surface area is 148 Å². The number of halogens is 2. The lowest BCUT2D eigenvalue weighted by Crippen LogP contribution is -2.06. The predicted octanol–water partition coefficient (Wildman–Crippen LogP) is 4.90. The normalized spacial score (nSPS) is 10.8. The van der Waals surface area contributed by atoms with Gasteiger partial charge in [-0.05, 0) is 37.3 Å². The summed E-state index contributed by atoms with van der Waals surface area (Å²) in [5.74, 6) is -0.514. The first-order valence-corrected chi connectivity index (χ1v) is 8.04. The van der Waals surface area contributed by atoms with Crippen molar-refractivity contribution >= 4 is 41.0 Å². The fraction of sp³-hybridized carbons (Fsp3) is 0.111. The van der Waals surface area contributed by atoms with Gasteiger partial charge in [-0.25, -0.2) is 4.79 Å². The van der Waals surface area contributed by atoms with Gasteiger partial charge in [0, 0.05) is 27.4 Å². The number of hydrogen-bond donors (Lipinski definition) is 0. The zero-order valence-corrected chi connectivity index (χ0v) is 14.3. The summed E-state index contributed by atoms with van der Waals surface area (Å²) in [6.07, 6.45) is 2.41. The number of esters is 1. The minimum absolute atomic E-state index is 0.224. The molecule has 0 atom stereocenters. The van der Waals surface area contributed by atoms with Crippen LogP contribution in [0.4, 0.5) is 0 Å². The first-order chi connectivity index (χ1) is 11.6. The van der Waals surface area contributed by atoms with Crippen molar-refractivity contribution in [2.45, 2.75) is 6.92 Å². The number of carbonyl (C=O) groups excluding carboxylic acids is 2. The van der Waals surface area contributed by atoms with E-state index < -0.39 is 5.97 Å². The standard InChI is InChI=1S/C18H13Cl2NO3/c1-2-24-18(23)17-14-5-3-4-8-21(14)15(10-22)16(17)12-9-11(19)6-7-13(12)20/h3-10H,2H2,1H3. The molecule has 2 aromatic heterocycles. The highest BCUT2D eigenvalue weighted by molar-refractivity contribution is 6.36. The smallest absolute Gasteiger partial charge is 0.340 e. The van der Waals surface area contributed by atoms with Gasteiger partial charge in [0.1, 0.15) is 0 Å². The van der Waals surface area contributed by atoms with E-state index in [9.17, 15) is 9.59 Å². The highest BCUT2D eigenvalue weighted by atomic mass is 35.5. The van der Waals surface area contributed by atoms with E-state index in [1.54, 1.807) is 53.9 Å². The zero-order chi connectivity index (χ0) is 17.3. The molecule has 0 radical (unpaired) electrons. The fourth-order valence-electron chi connectivity index (χ4n) is 2.72. The lowest BCUT2D eigenvalue weighted by Gasteiger charge is -2.08. The molecule has 0 aliphatic heterocycles. The van der Waals surface area contributed by atoms with E-state index in [0.717, 1.165) is 0 Å². The Kier molecular flexibility index (Phi) is 4.60. The minimum Gasteiger partial charge on any atom is -0.462 e. The van der Waals surface area contributed by atoms with Gasteiger partial charge in [-0.1, -0.05) is 29.3 Å². The van der Waals surface area contributed by atoms with Gasteiger partial charge in [0.15, 0.2) is 6.29 Å². The summed E-state index contributed by atoms with van der Waals surface area (Å²) in [7, 11) is 0. The van der Waals surface area contributed by atoms with Gasteiger partial charge >= 0.3 is 5.97 Å². The van der Waals surface area contributed by atoms with E-state index in [1.165, 1.54) is 0 Å². The van der Waals surface area contributed by atoms with Crippen LogP contribution < -0.4 is 0 Å². The van der Waals surface area contributed by atoms with Crippen molar-refractivity contribution in [1.82, 2.24) is 4.40 Å². The largest absolute Gasteiger partial charge is 0.462 e. The Balaban J connectivity index is 2.45. The summed E-state index contributed by atoms with van der Waals surface area (Å²) < 4.78 is 6.83. The lowest BCUT2D eigenvalue weighted by molar-refractivity contribution is 0.0529. The van der Waals surface area contributed by atoms with Crippen molar-refractivity contribution in [2.75, 3.05) is 6.61 Å². The van der Waals surface area contributed by atoms with Gasteiger partial charge in [-0.2, -0.15) is 0 Å². The van der Waals surface area contributed by atoms with Crippen LogP contribution >= 0.6 is 23.2 Å². The van der Waals surface area contributed by atoms with E-state index in [0.29, 0.717) is 44.2 Å². The second-order valence-corrected chi connectivity index (χ2v) is 5.90. The number of rotatable bonds is 4. The molecule has 0 aliphatic carbocycles. The van der Waals surface area contributed by atoms with E-state index in [-0.39, 0.29) is 6.61 Å². The fourth-order valence-corrected chi connectivity index (χ4v) is 3.10. The summed E-state index contributed by atoms with van der Waals surface area (Å²) in [4.78, 5) is 24.3. The van der Waals surface area contributed by atoms with Crippen molar-refractivity contribution in [2.24, 2.45) is 0 Å². The molecule has 0 unspecified atom stereocenters. The SMILES string of the molecule is CCOC(=O)c1c(-c2cc(Cl)ccc2Cl)c(C=O)n2ccccc12. The highest BCUT2D eigenvalue weighted by Crippen LogP contribution is 2.38. The number of nitrogens with zero attached hydrogens (tertiary/aromatic N) is 1. The van der Waals surface area contributed by atoms with E-state index in [4.69, 9.17) is 27.9 Å². The molecule has 0 saturated heterocycles. The van der Waals surface area contributed by atoms with Crippen molar-refractivity contribution in [1.29, 1.82) is 0 Å². The molecule has 0 saturated carbocycles. The summed E-state index contributed by atoms with van der Waals surface area (Å²) in [5, 5.41) is 0.847. The van der Waals surface area contributed by atoms with Crippen molar-refractivity contribution in [3.05, 3.63) is 63.9 Å². The molecule has 24 heavy (non-hydrogen) atoms. The Morgan fingerprint density at radius 3 is 2.75 bits per heavy atom. The Bertz CT molecular complexity index is 947. The molecule has 1 aromatic carbocycles. The van der Waals surface area contributed by atoms with E-state index in [2.05, 4.69) is 0 Å². The lowest BCUT2D eigenvalue weighted by atomic mass is 10.0. The van der Waals surface area contributed by atoms with Gasteiger partial charge in [-0.15, -0.1) is 0 Å². The van der Waals surface area contributed by atoms with Crippen molar-refractivity contribution in [3.63, 3.8) is 0 Å². The Hall–Kier alpha value is -2.30.